The summed E-state index contributed by atoms with van der Waals surface area (Å²) in [6.45, 7) is 12.6. The molecule has 1 aliphatic rings. The first-order valence-corrected chi connectivity index (χ1v) is 5.78. The molecule has 0 spiro atoms. The molecule has 0 radical (unpaired) electrons. The van der Waals surface area contributed by atoms with Gasteiger partial charge in [-0.3, -0.25) is 0 Å². The molecule has 0 aromatic rings. The van der Waals surface area contributed by atoms with Crippen molar-refractivity contribution in [2.24, 2.45) is 0 Å². The van der Waals surface area contributed by atoms with E-state index in [4.69, 9.17) is 0 Å². The van der Waals surface area contributed by atoms with Crippen LogP contribution < -0.4 is 5.32 Å². The zero-order valence-corrected chi connectivity index (χ0v) is 9.60. The van der Waals surface area contributed by atoms with Crippen LogP contribution in [0.15, 0.2) is 0 Å². The number of hydrogen-bond donors (Lipinski definition) is 1. The molecule has 0 aromatic heterocycles. The molecule has 1 heterocycles. The minimum Gasteiger partial charge on any atom is -0.317 e. The van der Waals surface area contributed by atoms with E-state index in [1.807, 2.05) is 0 Å². The summed E-state index contributed by atoms with van der Waals surface area (Å²) in [4.78, 5) is 2.38. The molecule has 80 valence electrons. The molecule has 0 amide bonds. The molecule has 1 aliphatic heterocycles. The summed E-state index contributed by atoms with van der Waals surface area (Å²) in [6.07, 6.45) is 4.22. The monoisotopic (exact) mass is 186 g/mol. The fourth-order valence-corrected chi connectivity index (χ4v) is 1.47. The summed E-state index contributed by atoms with van der Waals surface area (Å²) in [7, 11) is 0. The summed E-state index contributed by atoms with van der Waals surface area (Å²) in [5, 5.41) is 3.28. The predicted octanol–water partition coefficient (Wildman–Crippen LogP) is 2.11. The van der Waals surface area contributed by atoms with Crippen LogP contribution in [-0.4, -0.2) is 37.6 Å². The third-order valence-corrected chi connectivity index (χ3v) is 2.55. The van der Waals surface area contributed by atoms with Gasteiger partial charge in [0.15, 0.2) is 0 Å². The highest BCUT2D eigenvalue weighted by Gasteiger charge is 1.93. The Labute approximate surface area is 83.7 Å². The maximum Gasteiger partial charge on any atom is -0.00474 e. The molecule has 2 heteroatoms. The van der Waals surface area contributed by atoms with Gasteiger partial charge in [0.05, 0.1) is 0 Å². The minimum absolute atomic E-state index is 1.19. The summed E-state index contributed by atoms with van der Waals surface area (Å²) < 4.78 is 0. The smallest absolute Gasteiger partial charge is 0.00474 e. The van der Waals surface area contributed by atoms with Crippen molar-refractivity contribution in [1.29, 1.82) is 0 Å². The summed E-state index contributed by atoms with van der Waals surface area (Å²) >= 11 is 0. The first-order valence-electron chi connectivity index (χ1n) is 5.78. The number of hydrogen-bond acceptors (Lipinski definition) is 2. The standard InChI is InChI=1S/C6H15N.C5H11N/c1-4-7(5-2)6-3;1-2-4-6-5-3-1/h4-6H2,1-3H3;6H,1-5H2. The van der Waals surface area contributed by atoms with Gasteiger partial charge in [-0.05, 0) is 45.6 Å². The summed E-state index contributed by atoms with van der Waals surface area (Å²) in [5.41, 5.74) is 0. The second kappa shape index (κ2) is 10.0. The van der Waals surface area contributed by atoms with E-state index in [0.29, 0.717) is 0 Å². The maximum atomic E-state index is 3.28. The molecule has 0 aromatic carbocycles. The highest BCUT2D eigenvalue weighted by Crippen LogP contribution is 1.96. The van der Waals surface area contributed by atoms with E-state index in [9.17, 15) is 0 Å². The van der Waals surface area contributed by atoms with Gasteiger partial charge in [-0.15, -0.1) is 0 Å². The largest absolute Gasteiger partial charge is 0.317 e. The molecular weight excluding hydrogens is 160 g/mol. The van der Waals surface area contributed by atoms with E-state index >= 15 is 0 Å². The molecule has 1 saturated heterocycles. The van der Waals surface area contributed by atoms with E-state index in [1.54, 1.807) is 0 Å². The lowest BCUT2D eigenvalue weighted by Gasteiger charge is -2.13. The average Bonchev–Trinajstić information content (AvgIpc) is 2.24. The van der Waals surface area contributed by atoms with Crippen molar-refractivity contribution in [3.63, 3.8) is 0 Å². The van der Waals surface area contributed by atoms with Gasteiger partial charge in [0, 0.05) is 0 Å². The van der Waals surface area contributed by atoms with Gasteiger partial charge in [-0.1, -0.05) is 27.2 Å². The van der Waals surface area contributed by atoms with E-state index in [-0.39, 0.29) is 0 Å². The van der Waals surface area contributed by atoms with Crippen molar-refractivity contribution >= 4 is 0 Å². The van der Waals surface area contributed by atoms with Gasteiger partial charge in [0.2, 0.25) is 0 Å². The zero-order chi connectivity index (χ0) is 9.94. The van der Waals surface area contributed by atoms with Crippen molar-refractivity contribution in [1.82, 2.24) is 10.2 Å². The lowest BCUT2D eigenvalue weighted by Crippen LogP contribution is -2.21. The number of piperidine rings is 1. The molecule has 1 rings (SSSR count). The molecule has 1 N–H and O–H groups in total. The normalized spacial score (nSPS) is 16.6. The number of nitrogens with one attached hydrogen (secondary N) is 1. The third kappa shape index (κ3) is 8.26. The average molecular weight is 186 g/mol. The first kappa shape index (κ1) is 12.9. The molecule has 0 bridgehead atoms. The number of rotatable bonds is 3. The molecule has 0 unspecified atom stereocenters. The molecule has 2 nitrogen and oxygen atoms in total. The Morgan fingerprint density at radius 3 is 1.38 bits per heavy atom. The molecular formula is C11H26N2. The van der Waals surface area contributed by atoms with Gasteiger partial charge in [0.25, 0.3) is 0 Å². The van der Waals surface area contributed by atoms with E-state index in [0.717, 1.165) is 0 Å². The molecule has 0 aliphatic carbocycles. The van der Waals surface area contributed by atoms with Gasteiger partial charge in [-0.25, -0.2) is 0 Å². The fourth-order valence-electron chi connectivity index (χ4n) is 1.47. The Hall–Kier alpha value is -0.0800. The number of nitrogens with zero attached hydrogens (tertiary/aromatic N) is 1. The van der Waals surface area contributed by atoms with Crippen molar-refractivity contribution in [3.05, 3.63) is 0 Å². The third-order valence-electron chi connectivity index (χ3n) is 2.55. The first-order chi connectivity index (χ1) is 6.35. The second-order valence-electron chi connectivity index (χ2n) is 3.43. The Kier molecular flexibility index (Phi) is 9.94. The lowest BCUT2D eigenvalue weighted by atomic mass is 10.2. The minimum atomic E-state index is 1.19. The van der Waals surface area contributed by atoms with Crippen molar-refractivity contribution < 1.29 is 0 Å². The van der Waals surface area contributed by atoms with Gasteiger partial charge in [0.1, 0.15) is 0 Å². The zero-order valence-electron chi connectivity index (χ0n) is 9.60. The van der Waals surface area contributed by atoms with Crippen LogP contribution in [0.2, 0.25) is 0 Å². The van der Waals surface area contributed by atoms with Crippen LogP contribution in [0.25, 0.3) is 0 Å². The Bertz CT molecular complexity index is 69.1. The van der Waals surface area contributed by atoms with Crippen LogP contribution in [0.4, 0.5) is 0 Å². The Morgan fingerprint density at radius 1 is 0.846 bits per heavy atom. The van der Waals surface area contributed by atoms with Gasteiger partial charge in [-0.2, -0.15) is 0 Å². The van der Waals surface area contributed by atoms with Gasteiger partial charge >= 0.3 is 0 Å². The van der Waals surface area contributed by atoms with E-state index in [1.165, 1.54) is 52.0 Å². The molecule has 13 heavy (non-hydrogen) atoms. The highest BCUT2D eigenvalue weighted by molar-refractivity contribution is 4.55. The van der Waals surface area contributed by atoms with Crippen molar-refractivity contribution in [2.75, 3.05) is 32.7 Å². The van der Waals surface area contributed by atoms with Gasteiger partial charge < -0.3 is 10.2 Å². The lowest BCUT2D eigenvalue weighted by molar-refractivity contribution is 0.321. The SMILES string of the molecule is C1CCNCC1.CCN(CC)CC. The van der Waals surface area contributed by atoms with Crippen molar-refractivity contribution in [2.45, 2.75) is 40.0 Å². The van der Waals surface area contributed by atoms with E-state index < -0.39 is 0 Å². The van der Waals surface area contributed by atoms with Crippen molar-refractivity contribution in [3.8, 4) is 0 Å². The summed E-state index contributed by atoms with van der Waals surface area (Å²) in [6, 6.07) is 0. The molecule has 1 fully saturated rings. The Balaban J connectivity index is 0.000000223. The molecule has 0 atom stereocenters. The van der Waals surface area contributed by atoms with Crippen LogP contribution in [-0.2, 0) is 0 Å². The van der Waals surface area contributed by atoms with Crippen LogP contribution in [0.3, 0.4) is 0 Å². The second-order valence-corrected chi connectivity index (χ2v) is 3.43. The highest BCUT2D eigenvalue weighted by atomic mass is 15.1. The quantitative estimate of drug-likeness (QED) is 0.726. The Morgan fingerprint density at radius 2 is 1.31 bits per heavy atom. The summed E-state index contributed by atoms with van der Waals surface area (Å²) in [5.74, 6) is 0. The van der Waals surface area contributed by atoms with Crippen LogP contribution >= 0.6 is 0 Å². The fraction of sp³-hybridized carbons (Fsp3) is 1.00. The van der Waals surface area contributed by atoms with Crippen LogP contribution in [0.1, 0.15) is 40.0 Å². The predicted molar refractivity (Wildman–Crippen MR) is 60.2 cm³/mol. The maximum absolute atomic E-state index is 3.28. The molecule has 0 saturated carbocycles. The van der Waals surface area contributed by atoms with Crippen LogP contribution in [0.5, 0.6) is 0 Å². The topological polar surface area (TPSA) is 15.3 Å². The van der Waals surface area contributed by atoms with Crippen LogP contribution in [0, 0.1) is 0 Å². The van der Waals surface area contributed by atoms with E-state index in [2.05, 4.69) is 31.0 Å².